The van der Waals surface area contributed by atoms with E-state index in [9.17, 15) is 8.42 Å². The molecule has 0 radical (unpaired) electrons. The maximum Gasteiger partial charge on any atom is 0.261 e. The zero-order chi connectivity index (χ0) is 15.0. The van der Waals surface area contributed by atoms with Gasteiger partial charge in [-0.05, 0) is 12.1 Å². The van der Waals surface area contributed by atoms with Gasteiger partial charge in [-0.1, -0.05) is 0 Å². The van der Waals surface area contributed by atoms with Gasteiger partial charge in [-0.15, -0.1) is 12.4 Å². The summed E-state index contributed by atoms with van der Waals surface area (Å²) in [7, 11) is 2.92. The monoisotopic (exact) mass is 360 g/mol. The van der Waals surface area contributed by atoms with Gasteiger partial charge in [-0.2, -0.15) is 0 Å². The number of aromatic nitrogens is 4. The maximum absolute atomic E-state index is 11.4. The lowest BCUT2D eigenvalue weighted by molar-refractivity contribution is 0.415. The standard InChI is InChI=1S/C12H9ClN4O3S.ClH/c1-20-10-4-7(21(13,18)19)2-3-8(10)11-14-5-9-12(17-11)16-6-15-9;/h2-6H,1H3,(H,14,15,16,17);1H. The summed E-state index contributed by atoms with van der Waals surface area (Å²) in [5.41, 5.74) is 1.76. The molecule has 0 amide bonds. The summed E-state index contributed by atoms with van der Waals surface area (Å²) < 4.78 is 27.9. The Kier molecular flexibility index (Phi) is 4.55. The fraction of sp³-hybridized carbons (Fsp3) is 0.0833. The van der Waals surface area contributed by atoms with Gasteiger partial charge < -0.3 is 9.72 Å². The molecule has 0 spiro atoms. The Morgan fingerprint density at radius 1 is 1.27 bits per heavy atom. The number of benzene rings is 1. The van der Waals surface area contributed by atoms with Gasteiger partial charge in [-0.25, -0.2) is 23.4 Å². The number of fused-ring (bicyclic) bond motifs is 1. The van der Waals surface area contributed by atoms with Crippen molar-refractivity contribution in [3.8, 4) is 17.1 Å². The Morgan fingerprint density at radius 3 is 2.73 bits per heavy atom. The topological polar surface area (TPSA) is 97.8 Å². The highest BCUT2D eigenvalue weighted by Crippen LogP contribution is 2.31. The second-order valence-corrected chi connectivity index (χ2v) is 6.70. The Balaban J connectivity index is 0.00000176. The van der Waals surface area contributed by atoms with Crippen LogP contribution in [0.2, 0.25) is 0 Å². The largest absolute Gasteiger partial charge is 0.496 e. The van der Waals surface area contributed by atoms with Crippen molar-refractivity contribution in [2.24, 2.45) is 0 Å². The lowest BCUT2D eigenvalue weighted by atomic mass is 10.2. The molecule has 2 heterocycles. The number of hydrogen-bond acceptors (Lipinski definition) is 6. The van der Waals surface area contributed by atoms with E-state index >= 15 is 0 Å². The van der Waals surface area contributed by atoms with E-state index < -0.39 is 9.05 Å². The van der Waals surface area contributed by atoms with Crippen LogP contribution < -0.4 is 4.74 Å². The molecule has 22 heavy (non-hydrogen) atoms. The van der Waals surface area contributed by atoms with Gasteiger partial charge in [0.25, 0.3) is 9.05 Å². The van der Waals surface area contributed by atoms with Crippen LogP contribution in [0.1, 0.15) is 0 Å². The van der Waals surface area contributed by atoms with E-state index in [0.717, 1.165) is 0 Å². The van der Waals surface area contributed by atoms with Crippen LogP contribution in [0.5, 0.6) is 5.75 Å². The second kappa shape index (κ2) is 6.07. The molecule has 0 bridgehead atoms. The number of imidazole rings is 1. The highest BCUT2D eigenvalue weighted by atomic mass is 35.7. The Morgan fingerprint density at radius 2 is 2.05 bits per heavy atom. The van der Waals surface area contributed by atoms with E-state index in [1.165, 1.54) is 25.6 Å². The molecule has 0 fully saturated rings. The van der Waals surface area contributed by atoms with Gasteiger partial charge >= 0.3 is 0 Å². The number of rotatable bonds is 3. The molecule has 0 saturated carbocycles. The van der Waals surface area contributed by atoms with Crippen LogP contribution in [-0.4, -0.2) is 35.5 Å². The van der Waals surface area contributed by atoms with Crippen molar-refractivity contribution in [3.63, 3.8) is 0 Å². The first-order valence-corrected chi connectivity index (χ1v) is 8.09. The third-order valence-corrected chi connectivity index (χ3v) is 4.22. The molecule has 0 aliphatic rings. The normalized spacial score (nSPS) is 11.2. The number of aromatic amines is 1. The lowest BCUT2D eigenvalue weighted by Crippen LogP contribution is -1.97. The van der Waals surface area contributed by atoms with Crippen molar-refractivity contribution in [3.05, 3.63) is 30.7 Å². The zero-order valence-electron chi connectivity index (χ0n) is 11.1. The highest BCUT2D eigenvalue weighted by Gasteiger charge is 2.16. The first kappa shape index (κ1) is 16.5. The number of methoxy groups -OCH3 is 1. The molecule has 1 N–H and O–H groups in total. The first-order chi connectivity index (χ1) is 9.99. The summed E-state index contributed by atoms with van der Waals surface area (Å²) in [6.45, 7) is 0. The average molecular weight is 361 g/mol. The van der Waals surface area contributed by atoms with Crippen molar-refractivity contribution in [1.29, 1.82) is 0 Å². The molecule has 0 aliphatic carbocycles. The van der Waals surface area contributed by atoms with Crippen LogP contribution in [0.3, 0.4) is 0 Å². The summed E-state index contributed by atoms with van der Waals surface area (Å²) in [6.07, 6.45) is 3.11. The Labute approximate surface area is 136 Å². The average Bonchev–Trinajstić information content (AvgIpc) is 2.93. The lowest BCUT2D eigenvalue weighted by Gasteiger charge is -2.08. The van der Waals surface area contributed by atoms with Gasteiger partial charge in [0.1, 0.15) is 11.3 Å². The van der Waals surface area contributed by atoms with Crippen LogP contribution in [0, 0.1) is 0 Å². The fourth-order valence-electron chi connectivity index (χ4n) is 1.87. The van der Waals surface area contributed by atoms with Crippen LogP contribution in [-0.2, 0) is 9.05 Å². The summed E-state index contributed by atoms with van der Waals surface area (Å²) >= 11 is 0. The number of hydrogen-bond donors (Lipinski definition) is 1. The van der Waals surface area contributed by atoms with E-state index in [0.29, 0.717) is 28.3 Å². The first-order valence-electron chi connectivity index (χ1n) is 5.78. The minimum absolute atomic E-state index is 0. The SMILES string of the molecule is COc1cc(S(=O)(=O)Cl)ccc1-c1ncc2[nH]cnc2n1.Cl. The van der Waals surface area contributed by atoms with Crippen molar-refractivity contribution in [2.75, 3.05) is 7.11 Å². The van der Waals surface area contributed by atoms with Gasteiger partial charge in [0.15, 0.2) is 11.5 Å². The molecular weight excluding hydrogens is 351 g/mol. The number of nitrogens with zero attached hydrogens (tertiary/aromatic N) is 3. The number of H-pyrrole nitrogens is 1. The Bertz CT molecular complexity index is 927. The fourth-order valence-corrected chi connectivity index (χ4v) is 2.64. The predicted molar refractivity (Wildman–Crippen MR) is 84.0 cm³/mol. The van der Waals surface area contributed by atoms with E-state index in [2.05, 4.69) is 19.9 Å². The van der Waals surface area contributed by atoms with Gasteiger partial charge in [0, 0.05) is 16.7 Å². The molecule has 0 unspecified atom stereocenters. The molecule has 10 heteroatoms. The predicted octanol–water partition coefficient (Wildman–Crippen LogP) is 2.38. The van der Waals surface area contributed by atoms with Gasteiger partial charge in [-0.3, -0.25) is 0 Å². The molecule has 2 aromatic heterocycles. The number of nitrogens with one attached hydrogen (secondary N) is 1. The van der Waals surface area contributed by atoms with E-state index in [1.54, 1.807) is 12.3 Å². The van der Waals surface area contributed by atoms with Crippen LogP contribution >= 0.6 is 23.1 Å². The summed E-state index contributed by atoms with van der Waals surface area (Å²) in [5, 5.41) is 0. The van der Waals surface area contributed by atoms with Crippen molar-refractivity contribution < 1.29 is 13.2 Å². The van der Waals surface area contributed by atoms with Crippen molar-refractivity contribution in [2.45, 2.75) is 4.90 Å². The molecule has 1 aromatic carbocycles. The minimum Gasteiger partial charge on any atom is -0.496 e. The molecule has 7 nitrogen and oxygen atoms in total. The van der Waals surface area contributed by atoms with E-state index in [4.69, 9.17) is 15.4 Å². The van der Waals surface area contributed by atoms with Crippen LogP contribution in [0.15, 0.2) is 35.6 Å². The summed E-state index contributed by atoms with van der Waals surface area (Å²) in [4.78, 5) is 15.4. The number of halogens is 2. The molecule has 3 aromatic rings. The molecule has 0 atom stereocenters. The van der Waals surface area contributed by atoms with Crippen molar-refractivity contribution >= 4 is 43.3 Å². The third kappa shape index (κ3) is 2.99. The smallest absolute Gasteiger partial charge is 0.261 e. The molecule has 3 rings (SSSR count). The van der Waals surface area contributed by atoms with E-state index in [1.807, 2.05) is 0 Å². The molecule has 116 valence electrons. The van der Waals surface area contributed by atoms with E-state index in [-0.39, 0.29) is 17.3 Å². The minimum atomic E-state index is -3.83. The highest BCUT2D eigenvalue weighted by molar-refractivity contribution is 8.13. The van der Waals surface area contributed by atoms with Crippen LogP contribution in [0.4, 0.5) is 0 Å². The van der Waals surface area contributed by atoms with Gasteiger partial charge in [0.2, 0.25) is 0 Å². The molecule has 0 aliphatic heterocycles. The summed E-state index contributed by atoms with van der Waals surface area (Å²) in [6, 6.07) is 4.25. The Hall–Kier alpha value is -1.90. The molecule has 0 saturated heterocycles. The molecular formula is C12H10Cl2N4O3S. The number of ether oxygens (including phenoxy) is 1. The maximum atomic E-state index is 11.4. The van der Waals surface area contributed by atoms with Gasteiger partial charge in [0.05, 0.1) is 30.1 Å². The quantitative estimate of drug-likeness (QED) is 0.720. The zero-order valence-corrected chi connectivity index (χ0v) is 13.5. The second-order valence-electron chi connectivity index (χ2n) is 4.13. The third-order valence-electron chi connectivity index (χ3n) is 2.87. The van der Waals surface area contributed by atoms with Crippen molar-refractivity contribution in [1.82, 2.24) is 19.9 Å². The van der Waals surface area contributed by atoms with Crippen LogP contribution in [0.25, 0.3) is 22.6 Å². The summed E-state index contributed by atoms with van der Waals surface area (Å²) in [5.74, 6) is 0.691.